The molecule has 17 heavy (non-hydrogen) atoms. The summed E-state index contributed by atoms with van der Waals surface area (Å²) in [6.07, 6.45) is 2.66. The molecule has 0 saturated carbocycles. The first-order chi connectivity index (χ1) is 8.31. The van der Waals surface area contributed by atoms with Crippen LogP contribution in [0.15, 0.2) is 18.3 Å². The summed E-state index contributed by atoms with van der Waals surface area (Å²) in [4.78, 5) is 6.52. The van der Waals surface area contributed by atoms with Gasteiger partial charge in [-0.1, -0.05) is 0 Å². The van der Waals surface area contributed by atoms with Crippen molar-refractivity contribution in [3.8, 4) is 5.75 Å². The molecule has 1 rings (SSSR count). The third kappa shape index (κ3) is 4.58. The van der Waals surface area contributed by atoms with E-state index in [0.29, 0.717) is 13.2 Å². The molecule has 1 aromatic heterocycles. The molecule has 1 aromatic rings. The third-order valence-corrected chi connectivity index (χ3v) is 2.48. The number of ether oxygens (including phenoxy) is 2. The lowest BCUT2D eigenvalue weighted by Gasteiger charge is -2.23. The SMILES string of the molecule is COCCN(CCCN)c1ccc(OC)cn1. The third-order valence-electron chi connectivity index (χ3n) is 2.48. The lowest BCUT2D eigenvalue weighted by atomic mass is 10.3. The topological polar surface area (TPSA) is 60.6 Å². The predicted molar refractivity (Wildman–Crippen MR) is 68.5 cm³/mol. The lowest BCUT2D eigenvalue weighted by Crippen LogP contribution is -2.30. The summed E-state index contributed by atoms with van der Waals surface area (Å²) in [6, 6.07) is 3.86. The zero-order chi connectivity index (χ0) is 12.5. The highest BCUT2D eigenvalue weighted by atomic mass is 16.5. The molecule has 0 aliphatic carbocycles. The maximum atomic E-state index is 5.53. The van der Waals surface area contributed by atoms with E-state index in [1.807, 2.05) is 12.1 Å². The Bertz CT molecular complexity index is 295. The van der Waals surface area contributed by atoms with Crippen LogP contribution < -0.4 is 15.4 Å². The minimum atomic E-state index is 0.679. The first-order valence-electron chi connectivity index (χ1n) is 5.75. The van der Waals surface area contributed by atoms with E-state index in [1.54, 1.807) is 20.4 Å². The molecule has 5 nitrogen and oxygen atoms in total. The van der Waals surface area contributed by atoms with Gasteiger partial charge in [-0.05, 0) is 25.1 Å². The Balaban J connectivity index is 2.65. The van der Waals surface area contributed by atoms with Crippen molar-refractivity contribution in [2.75, 3.05) is 45.4 Å². The van der Waals surface area contributed by atoms with Crippen molar-refractivity contribution >= 4 is 5.82 Å². The molecule has 96 valence electrons. The largest absolute Gasteiger partial charge is 0.495 e. The number of pyridine rings is 1. The van der Waals surface area contributed by atoms with Crippen molar-refractivity contribution < 1.29 is 9.47 Å². The van der Waals surface area contributed by atoms with E-state index in [0.717, 1.165) is 31.1 Å². The standard InChI is InChI=1S/C12H21N3O2/c1-16-9-8-15(7-3-6-13)12-5-4-11(17-2)10-14-12/h4-5,10H,3,6-9,13H2,1-2H3. The van der Waals surface area contributed by atoms with Gasteiger partial charge in [-0.25, -0.2) is 4.98 Å². The van der Waals surface area contributed by atoms with E-state index < -0.39 is 0 Å². The molecule has 2 N–H and O–H groups in total. The van der Waals surface area contributed by atoms with Gasteiger partial charge < -0.3 is 20.1 Å². The Kier molecular flexibility index (Phi) is 6.35. The van der Waals surface area contributed by atoms with Crippen molar-refractivity contribution in [3.05, 3.63) is 18.3 Å². The van der Waals surface area contributed by atoms with Crippen LogP contribution in [0, 0.1) is 0 Å². The highest BCUT2D eigenvalue weighted by molar-refractivity contribution is 5.40. The molecular formula is C12H21N3O2. The van der Waals surface area contributed by atoms with E-state index in [4.69, 9.17) is 15.2 Å². The van der Waals surface area contributed by atoms with E-state index >= 15 is 0 Å². The van der Waals surface area contributed by atoms with Crippen molar-refractivity contribution in [2.24, 2.45) is 5.73 Å². The van der Waals surface area contributed by atoms with Gasteiger partial charge in [0.05, 0.1) is 19.9 Å². The van der Waals surface area contributed by atoms with Gasteiger partial charge in [0.2, 0.25) is 0 Å². The fraction of sp³-hybridized carbons (Fsp3) is 0.583. The molecule has 0 bridgehead atoms. The second-order valence-electron chi connectivity index (χ2n) is 3.68. The number of methoxy groups -OCH3 is 2. The second kappa shape index (κ2) is 7.86. The van der Waals surface area contributed by atoms with Crippen molar-refractivity contribution in [2.45, 2.75) is 6.42 Å². The summed E-state index contributed by atoms with van der Waals surface area (Å²) in [7, 11) is 3.33. The van der Waals surface area contributed by atoms with E-state index in [2.05, 4.69) is 9.88 Å². The Labute approximate surface area is 103 Å². The first kappa shape index (κ1) is 13.7. The molecule has 5 heteroatoms. The van der Waals surface area contributed by atoms with Gasteiger partial charge in [0.15, 0.2) is 0 Å². The highest BCUT2D eigenvalue weighted by Gasteiger charge is 2.07. The normalized spacial score (nSPS) is 10.3. The summed E-state index contributed by atoms with van der Waals surface area (Å²) in [5, 5.41) is 0. The number of hydrogen-bond acceptors (Lipinski definition) is 5. The minimum absolute atomic E-state index is 0.679. The van der Waals surface area contributed by atoms with Crippen molar-refractivity contribution in [1.29, 1.82) is 0 Å². The first-order valence-corrected chi connectivity index (χ1v) is 5.75. The maximum absolute atomic E-state index is 5.53. The minimum Gasteiger partial charge on any atom is -0.495 e. The van der Waals surface area contributed by atoms with Crippen molar-refractivity contribution in [3.63, 3.8) is 0 Å². The summed E-state index contributed by atoms with van der Waals surface area (Å²) in [6.45, 7) is 3.06. The van der Waals surface area contributed by atoms with Gasteiger partial charge in [-0.15, -0.1) is 0 Å². The average molecular weight is 239 g/mol. The van der Waals surface area contributed by atoms with Crippen LogP contribution in [0.3, 0.4) is 0 Å². The molecule has 0 saturated heterocycles. The predicted octanol–water partition coefficient (Wildman–Crippen LogP) is 0.892. The summed E-state index contributed by atoms with van der Waals surface area (Å²) in [5.41, 5.74) is 5.53. The van der Waals surface area contributed by atoms with Crippen LogP contribution in [0.2, 0.25) is 0 Å². The quantitative estimate of drug-likeness (QED) is 0.730. The van der Waals surface area contributed by atoms with Crippen LogP contribution in [-0.2, 0) is 4.74 Å². The molecule has 0 fully saturated rings. The number of hydrogen-bond donors (Lipinski definition) is 1. The molecule has 0 aliphatic heterocycles. The number of nitrogens with zero attached hydrogens (tertiary/aromatic N) is 2. The molecule has 0 unspecified atom stereocenters. The average Bonchev–Trinajstić information content (AvgIpc) is 2.39. The molecule has 0 aromatic carbocycles. The van der Waals surface area contributed by atoms with Crippen LogP contribution in [0.25, 0.3) is 0 Å². The monoisotopic (exact) mass is 239 g/mol. The summed E-state index contributed by atoms with van der Waals surface area (Å²) >= 11 is 0. The number of aromatic nitrogens is 1. The van der Waals surface area contributed by atoms with Crippen LogP contribution in [0.4, 0.5) is 5.82 Å². The smallest absolute Gasteiger partial charge is 0.137 e. The van der Waals surface area contributed by atoms with Crippen LogP contribution in [0.1, 0.15) is 6.42 Å². The number of nitrogens with two attached hydrogens (primary N) is 1. The summed E-state index contributed by atoms with van der Waals surface area (Å²) < 4.78 is 10.2. The zero-order valence-corrected chi connectivity index (χ0v) is 10.6. The molecule has 0 amide bonds. The highest BCUT2D eigenvalue weighted by Crippen LogP contribution is 2.15. The summed E-state index contributed by atoms with van der Waals surface area (Å²) in [5.74, 6) is 1.69. The zero-order valence-electron chi connectivity index (χ0n) is 10.6. The van der Waals surface area contributed by atoms with Gasteiger partial charge in [-0.3, -0.25) is 0 Å². The molecule has 0 spiro atoms. The van der Waals surface area contributed by atoms with Crippen molar-refractivity contribution in [1.82, 2.24) is 4.98 Å². The van der Waals surface area contributed by atoms with Gasteiger partial charge in [-0.2, -0.15) is 0 Å². The fourth-order valence-electron chi connectivity index (χ4n) is 1.50. The molecule has 1 heterocycles. The Morgan fingerprint density at radius 2 is 2.12 bits per heavy atom. The number of rotatable bonds is 8. The van der Waals surface area contributed by atoms with Gasteiger partial charge in [0, 0.05) is 20.2 Å². The van der Waals surface area contributed by atoms with E-state index in [-0.39, 0.29) is 0 Å². The molecule has 0 atom stereocenters. The van der Waals surface area contributed by atoms with Gasteiger partial charge >= 0.3 is 0 Å². The molecule has 0 aliphatic rings. The number of anilines is 1. The van der Waals surface area contributed by atoms with Gasteiger partial charge in [0.25, 0.3) is 0 Å². The van der Waals surface area contributed by atoms with E-state index in [1.165, 1.54) is 0 Å². The van der Waals surface area contributed by atoms with Crippen LogP contribution in [0.5, 0.6) is 5.75 Å². The van der Waals surface area contributed by atoms with E-state index in [9.17, 15) is 0 Å². The Morgan fingerprint density at radius 3 is 2.65 bits per heavy atom. The Morgan fingerprint density at radius 1 is 1.29 bits per heavy atom. The second-order valence-corrected chi connectivity index (χ2v) is 3.68. The Hall–Kier alpha value is -1.33. The van der Waals surface area contributed by atoms with Crippen LogP contribution in [-0.4, -0.2) is 45.4 Å². The van der Waals surface area contributed by atoms with Gasteiger partial charge in [0.1, 0.15) is 11.6 Å². The maximum Gasteiger partial charge on any atom is 0.137 e. The fourth-order valence-corrected chi connectivity index (χ4v) is 1.50. The van der Waals surface area contributed by atoms with Crippen LogP contribution >= 0.6 is 0 Å². The lowest BCUT2D eigenvalue weighted by molar-refractivity contribution is 0.205. The molecular weight excluding hydrogens is 218 g/mol. The molecule has 0 radical (unpaired) electrons.